The topological polar surface area (TPSA) is 104 Å². The molecule has 1 N–H and O–H groups in total. The van der Waals surface area contributed by atoms with Crippen molar-refractivity contribution in [2.75, 3.05) is 51.5 Å². The van der Waals surface area contributed by atoms with Crippen LogP contribution in [0.15, 0.2) is 0 Å². The molecule has 0 aromatic rings. The lowest BCUT2D eigenvalue weighted by Gasteiger charge is -2.21. The number of rotatable bonds is 8. The van der Waals surface area contributed by atoms with Gasteiger partial charge in [-0.05, 0) is 33.5 Å². The van der Waals surface area contributed by atoms with Crippen molar-refractivity contribution in [3.05, 3.63) is 0 Å². The number of hydrogen-bond donors (Lipinski definition) is 1. The maximum atomic E-state index is 11.9. The number of carbonyl (C=O) groups is 1. The molecule has 1 amide bonds. The quantitative estimate of drug-likeness (QED) is 0.568. The maximum Gasteiger partial charge on any atom is 0.235 e. The van der Waals surface area contributed by atoms with Crippen LogP contribution in [0.5, 0.6) is 0 Å². The van der Waals surface area contributed by atoms with E-state index < -0.39 is 31.8 Å². The first-order chi connectivity index (χ1) is 9.99. The van der Waals surface area contributed by atoms with Gasteiger partial charge in [-0.25, -0.2) is 16.8 Å². The van der Waals surface area contributed by atoms with Gasteiger partial charge in [0.15, 0.2) is 9.84 Å². The molecule has 0 aliphatic carbocycles. The molecule has 10 heteroatoms. The number of sulfone groups is 1. The van der Waals surface area contributed by atoms with E-state index in [-0.39, 0.29) is 24.6 Å². The number of hydrogen-bond acceptors (Lipinski definition) is 6. The molecule has 0 aromatic heterocycles. The first-order valence-electron chi connectivity index (χ1n) is 7.09. The Kier molecular flexibility index (Phi) is 6.78. The number of sulfonamides is 1. The van der Waals surface area contributed by atoms with E-state index in [1.807, 2.05) is 19.0 Å². The summed E-state index contributed by atoms with van der Waals surface area (Å²) >= 11 is 0. The normalized spacial score (nSPS) is 21.4. The van der Waals surface area contributed by atoms with Crippen molar-refractivity contribution in [3.63, 3.8) is 0 Å². The molecule has 1 fully saturated rings. The minimum atomic E-state index is -3.48. The molecule has 8 nitrogen and oxygen atoms in total. The molecule has 0 spiro atoms. The smallest absolute Gasteiger partial charge is 0.235 e. The third-order valence-electron chi connectivity index (χ3n) is 3.40. The molecule has 22 heavy (non-hydrogen) atoms. The number of amides is 1. The summed E-state index contributed by atoms with van der Waals surface area (Å²) < 4.78 is 47.3. The summed E-state index contributed by atoms with van der Waals surface area (Å²) in [6.45, 7) is 0.699. The average Bonchev–Trinajstić information content (AvgIpc) is 2.65. The Labute approximate surface area is 132 Å². The molecular formula is C12H25N3O5S2. The summed E-state index contributed by atoms with van der Waals surface area (Å²) in [6.07, 6.45) is 2.06. The van der Waals surface area contributed by atoms with Crippen LogP contribution >= 0.6 is 0 Å². The van der Waals surface area contributed by atoms with E-state index in [4.69, 9.17) is 0 Å². The molecule has 1 unspecified atom stereocenters. The van der Waals surface area contributed by atoms with Gasteiger partial charge in [-0.15, -0.1) is 0 Å². The van der Waals surface area contributed by atoms with E-state index in [9.17, 15) is 21.6 Å². The van der Waals surface area contributed by atoms with Crippen LogP contribution in [0.1, 0.15) is 12.8 Å². The molecule has 1 saturated heterocycles. The van der Waals surface area contributed by atoms with Crippen LogP contribution in [0.4, 0.5) is 0 Å². The van der Waals surface area contributed by atoms with E-state index in [0.717, 1.165) is 10.6 Å². The molecule has 0 saturated carbocycles. The Hall–Kier alpha value is -0.710. The van der Waals surface area contributed by atoms with Crippen molar-refractivity contribution < 1.29 is 21.6 Å². The number of carbonyl (C=O) groups excluding carboxylic acids is 1. The predicted molar refractivity (Wildman–Crippen MR) is 84.8 cm³/mol. The zero-order valence-corrected chi connectivity index (χ0v) is 14.9. The Bertz CT molecular complexity index is 586. The summed E-state index contributed by atoms with van der Waals surface area (Å²) in [7, 11) is -2.78. The minimum absolute atomic E-state index is 0.0660. The average molecular weight is 355 g/mol. The third-order valence-corrected chi connectivity index (χ3v) is 6.42. The Morgan fingerprint density at radius 3 is 2.36 bits per heavy atom. The summed E-state index contributed by atoms with van der Waals surface area (Å²) in [5, 5.41) is 2.60. The molecule has 0 aromatic carbocycles. The van der Waals surface area contributed by atoms with Gasteiger partial charge in [0.05, 0.1) is 24.3 Å². The van der Waals surface area contributed by atoms with Crippen molar-refractivity contribution in [2.24, 2.45) is 0 Å². The largest absolute Gasteiger partial charge is 0.351 e. The van der Waals surface area contributed by atoms with Crippen LogP contribution in [0.3, 0.4) is 0 Å². The van der Waals surface area contributed by atoms with Crippen LogP contribution in [0.2, 0.25) is 0 Å². The van der Waals surface area contributed by atoms with Gasteiger partial charge in [0, 0.05) is 12.6 Å². The Morgan fingerprint density at radius 1 is 1.27 bits per heavy atom. The summed E-state index contributed by atoms with van der Waals surface area (Å²) in [5.41, 5.74) is 0. The fraction of sp³-hybridized carbons (Fsp3) is 0.917. The summed E-state index contributed by atoms with van der Waals surface area (Å²) in [6, 6.07) is -0.416. The van der Waals surface area contributed by atoms with Gasteiger partial charge in [-0.2, -0.15) is 4.31 Å². The molecule has 0 bridgehead atoms. The fourth-order valence-electron chi connectivity index (χ4n) is 2.27. The van der Waals surface area contributed by atoms with Crippen molar-refractivity contribution in [2.45, 2.75) is 18.9 Å². The highest BCUT2D eigenvalue weighted by atomic mass is 32.2. The maximum absolute atomic E-state index is 11.9. The minimum Gasteiger partial charge on any atom is -0.351 e. The molecule has 1 aliphatic rings. The molecule has 1 heterocycles. The summed E-state index contributed by atoms with van der Waals surface area (Å²) in [5.74, 6) is -0.466. The highest BCUT2D eigenvalue weighted by Crippen LogP contribution is 2.11. The fourth-order valence-corrected chi connectivity index (χ4v) is 4.75. The second kappa shape index (κ2) is 7.71. The lowest BCUT2D eigenvalue weighted by Crippen LogP contribution is -2.44. The van der Waals surface area contributed by atoms with E-state index in [0.29, 0.717) is 19.4 Å². The standard InChI is InChI=1S/C12H25N3O5S2/c1-14(2)6-4-7-15(21(3,17)18)9-12(16)13-11-5-8-22(19,20)10-11/h11H,4-10H2,1-3H3,(H,13,16). The van der Waals surface area contributed by atoms with Crippen LogP contribution in [-0.2, 0) is 24.7 Å². The predicted octanol–water partition coefficient (Wildman–Crippen LogP) is -1.50. The SMILES string of the molecule is CN(C)CCCN(CC(=O)NC1CCS(=O)(=O)C1)S(C)(=O)=O. The van der Waals surface area contributed by atoms with Crippen molar-refractivity contribution in [3.8, 4) is 0 Å². The second-order valence-electron chi connectivity index (χ2n) is 5.92. The van der Waals surface area contributed by atoms with Gasteiger partial charge in [-0.1, -0.05) is 0 Å². The first-order valence-corrected chi connectivity index (χ1v) is 10.8. The van der Waals surface area contributed by atoms with Crippen molar-refractivity contribution in [1.29, 1.82) is 0 Å². The zero-order valence-electron chi connectivity index (χ0n) is 13.3. The molecule has 0 radical (unpaired) electrons. The van der Waals surface area contributed by atoms with E-state index in [2.05, 4.69) is 5.32 Å². The van der Waals surface area contributed by atoms with Crippen LogP contribution < -0.4 is 5.32 Å². The van der Waals surface area contributed by atoms with Gasteiger partial charge in [0.1, 0.15) is 0 Å². The monoisotopic (exact) mass is 355 g/mol. The van der Waals surface area contributed by atoms with Crippen LogP contribution in [0, 0.1) is 0 Å². The van der Waals surface area contributed by atoms with Gasteiger partial charge in [0.25, 0.3) is 0 Å². The zero-order chi connectivity index (χ0) is 17.0. The third kappa shape index (κ3) is 7.03. The molecular weight excluding hydrogens is 330 g/mol. The highest BCUT2D eigenvalue weighted by molar-refractivity contribution is 7.91. The molecule has 130 valence electrons. The molecule has 1 atom stereocenters. The van der Waals surface area contributed by atoms with Crippen molar-refractivity contribution in [1.82, 2.24) is 14.5 Å². The summed E-state index contributed by atoms with van der Waals surface area (Å²) in [4.78, 5) is 13.9. The highest BCUT2D eigenvalue weighted by Gasteiger charge is 2.30. The second-order valence-corrected chi connectivity index (χ2v) is 10.1. The van der Waals surface area contributed by atoms with E-state index in [1.54, 1.807) is 0 Å². The van der Waals surface area contributed by atoms with Gasteiger partial charge in [0.2, 0.25) is 15.9 Å². The first kappa shape index (κ1) is 19.3. The van der Waals surface area contributed by atoms with Gasteiger partial charge >= 0.3 is 0 Å². The van der Waals surface area contributed by atoms with Crippen molar-refractivity contribution >= 4 is 25.8 Å². The molecule has 1 aliphatic heterocycles. The Balaban J connectivity index is 2.53. The number of nitrogens with zero attached hydrogens (tertiary/aromatic N) is 2. The lowest BCUT2D eigenvalue weighted by atomic mass is 10.2. The van der Waals surface area contributed by atoms with Crippen LogP contribution in [0.25, 0.3) is 0 Å². The van der Waals surface area contributed by atoms with E-state index >= 15 is 0 Å². The van der Waals surface area contributed by atoms with Gasteiger partial charge in [-0.3, -0.25) is 4.79 Å². The van der Waals surface area contributed by atoms with Gasteiger partial charge < -0.3 is 10.2 Å². The van der Waals surface area contributed by atoms with Crippen LogP contribution in [-0.4, -0.2) is 89.5 Å². The Morgan fingerprint density at radius 2 is 1.91 bits per heavy atom. The lowest BCUT2D eigenvalue weighted by molar-refractivity contribution is -0.121. The van der Waals surface area contributed by atoms with E-state index in [1.165, 1.54) is 0 Å². The number of nitrogens with one attached hydrogen (secondary N) is 1. The molecule has 1 rings (SSSR count).